The minimum absolute atomic E-state index is 0.0325. The fourth-order valence-corrected chi connectivity index (χ4v) is 2.47. The van der Waals surface area contributed by atoms with Gasteiger partial charge in [0.2, 0.25) is 8.32 Å². The van der Waals surface area contributed by atoms with Crippen LogP contribution in [0.2, 0.25) is 19.6 Å². The number of carbonyl (C=O) groups is 1. The van der Waals surface area contributed by atoms with Crippen molar-refractivity contribution >= 4 is 14.3 Å². The summed E-state index contributed by atoms with van der Waals surface area (Å²) in [5.41, 5.74) is 0. The lowest BCUT2D eigenvalue weighted by Gasteiger charge is -2.27. The van der Waals surface area contributed by atoms with E-state index in [1.165, 1.54) is 0 Å². The van der Waals surface area contributed by atoms with Crippen LogP contribution in [0.15, 0.2) is 0 Å². The van der Waals surface area contributed by atoms with Crippen molar-refractivity contribution in [3.8, 4) is 0 Å². The SMILES string of the molecule is C[Si](C)(C)OC(=O)C1CCC(O)CC1. The zero-order valence-corrected chi connectivity index (χ0v) is 10.2. The van der Waals surface area contributed by atoms with Crippen LogP contribution in [0.5, 0.6) is 0 Å². The summed E-state index contributed by atoms with van der Waals surface area (Å²) in [5, 5.41) is 9.30. The Hall–Kier alpha value is -0.353. The Morgan fingerprint density at radius 1 is 1.21 bits per heavy atom. The number of aliphatic hydroxyl groups excluding tert-OH is 1. The quantitative estimate of drug-likeness (QED) is 0.717. The molecule has 0 heterocycles. The minimum Gasteiger partial charge on any atom is -0.520 e. The van der Waals surface area contributed by atoms with Gasteiger partial charge in [0.15, 0.2) is 0 Å². The Balaban J connectivity index is 2.38. The van der Waals surface area contributed by atoms with Crippen LogP contribution < -0.4 is 0 Å². The van der Waals surface area contributed by atoms with Crippen LogP contribution in [0, 0.1) is 5.92 Å². The monoisotopic (exact) mass is 216 g/mol. The first kappa shape index (κ1) is 11.7. The maximum atomic E-state index is 11.7. The molecule has 0 atom stereocenters. The molecule has 0 saturated heterocycles. The van der Waals surface area contributed by atoms with E-state index in [2.05, 4.69) is 0 Å². The number of rotatable bonds is 2. The second-order valence-electron chi connectivity index (χ2n) is 5.04. The summed E-state index contributed by atoms with van der Waals surface area (Å²) in [6, 6.07) is 0. The first-order valence-electron chi connectivity index (χ1n) is 5.29. The Bertz CT molecular complexity index is 202. The third kappa shape index (κ3) is 3.80. The first-order chi connectivity index (χ1) is 6.38. The van der Waals surface area contributed by atoms with Crippen molar-refractivity contribution in [3.05, 3.63) is 0 Å². The molecule has 0 bridgehead atoms. The van der Waals surface area contributed by atoms with Gasteiger partial charge in [-0.3, -0.25) is 4.79 Å². The second kappa shape index (κ2) is 4.44. The summed E-state index contributed by atoms with van der Waals surface area (Å²) < 4.78 is 5.43. The first-order valence-corrected chi connectivity index (χ1v) is 8.70. The molecule has 0 amide bonds. The summed E-state index contributed by atoms with van der Waals surface area (Å²) in [7, 11) is -1.73. The average Bonchev–Trinajstić information content (AvgIpc) is 2.02. The lowest BCUT2D eigenvalue weighted by atomic mass is 9.88. The van der Waals surface area contributed by atoms with Crippen LogP contribution in [0.3, 0.4) is 0 Å². The van der Waals surface area contributed by atoms with Crippen LogP contribution in [0.1, 0.15) is 25.7 Å². The molecule has 0 aromatic carbocycles. The molecule has 0 aromatic rings. The highest BCUT2D eigenvalue weighted by atomic mass is 28.4. The second-order valence-corrected chi connectivity index (χ2v) is 9.47. The van der Waals surface area contributed by atoms with Gasteiger partial charge < -0.3 is 9.53 Å². The summed E-state index contributed by atoms with van der Waals surface area (Å²) in [4.78, 5) is 11.7. The predicted octanol–water partition coefficient (Wildman–Crippen LogP) is 1.92. The average molecular weight is 216 g/mol. The van der Waals surface area contributed by atoms with Gasteiger partial charge in [-0.1, -0.05) is 0 Å². The van der Waals surface area contributed by atoms with Crippen molar-refractivity contribution in [2.24, 2.45) is 5.92 Å². The van der Waals surface area contributed by atoms with Crippen LogP contribution in [0.25, 0.3) is 0 Å². The smallest absolute Gasteiger partial charge is 0.295 e. The Morgan fingerprint density at radius 3 is 2.14 bits per heavy atom. The lowest BCUT2D eigenvalue weighted by molar-refractivity contribution is -0.141. The molecule has 1 rings (SSSR count). The third-order valence-corrected chi connectivity index (χ3v) is 3.25. The van der Waals surface area contributed by atoms with Crippen molar-refractivity contribution < 1.29 is 14.3 Å². The van der Waals surface area contributed by atoms with Crippen LogP contribution >= 0.6 is 0 Å². The number of carbonyl (C=O) groups excluding carboxylic acids is 1. The molecule has 0 radical (unpaired) electrons. The molecule has 1 aliphatic carbocycles. The molecule has 0 aliphatic heterocycles. The molecule has 1 aliphatic rings. The van der Waals surface area contributed by atoms with Crippen molar-refractivity contribution in [2.45, 2.75) is 51.4 Å². The highest BCUT2D eigenvalue weighted by Gasteiger charge is 2.29. The standard InChI is InChI=1S/C10H20O3Si/c1-14(2,3)13-10(12)8-4-6-9(11)7-5-8/h8-9,11H,4-7H2,1-3H3. The van der Waals surface area contributed by atoms with Gasteiger partial charge in [-0.2, -0.15) is 0 Å². The number of hydrogen-bond acceptors (Lipinski definition) is 3. The van der Waals surface area contributed by atoms with E-state index < -0.39 is 8.32 Å². The highest BCUT2D eigenvalue weighted by molar-refractivity contribution is 6.71. The highest BCUT2D eigenvalue weighted by Crippen LogP contribution is 2.26. The molecule has 14 heavy (non-hydrogen) atoms. The number of hydrogen-bond donors (Lipinski definition) is 1. The van der Waals surface area contributed by atoms with E-state index in [4.69, 9.17) is 4.43 Å². The zero-order valence-electron chi connectivity index (χ0n) is 9.25. The third-order valence-electron chi connectivity index (χ3n) is 2.44. The minimum atomic E-state index is -1.73. The molecule has 0 spiro atoms. The van der Waals surface area contributed by atoms with Crippen molar-refractivity contribution in [1.29, 1.82) is 0 Å². The van der Waals surface area contributed by atoms with Crippen molar-refractivity contribution in [1.82, 2.24) is 0 Å². The van der Waals surface area contributed by atoms with Gasteiger partial charge in [-0.05, 0) is 45.3 Å². The van der Waals surface area contributed by atoms with Crippen LogP contribution in [0.4, 0.5) is 0 Å². The van der Waals surface area contributed by atoms with Gasteiger partial charge in [-0.25, -0.2) is 0 Å². The van der Waals surface area contributed by atoms with E-state index in [-0.39, 0.29) is 18.0 Å². The predicted molar refractivity (Wildman–Crippen MR) is 57.4 cm³/mol. The molecule has 1 fully saturated rings. The summed E-state index contributed by atoms with van der Waals surface area (Å²) in [5.74, 6) is -0.0128. The van der Waals surface area contributed by atoms with Gasteiger partial charge in [0.05, 0.1) is 12.0 Å². The topological polar surface area (TPSA) is 46.5 Å². The Labute approximate surface area is 86.6 Å². The van der Waals surface area contributed by atoms with Crippen molar-refractivity contribution in [2.75, 3.05) is 0 Å². The van der Waals surface area contributed by atoms with Gasteiger partial charge in [0.1, 0.15) is 0 Å². The van der Waals surface area contributed by atoms with E-state index in [1.807, 2.05) is 19.6 Å². The molecule has 82 valence electrons. The Morgan fingerprint density at radius 2 is 1.71 bits per heavy atom. The molecule has 1 saturated carbocycles. The number of aliphatic hydroxyl groups is 1. The van der Waals surface area contributed by atoms with Crippen LogP contribution in [-0.2, 0) is 9.22 Å². The lowest BCUT2D eigenvalue weighted by Crippen LogP contribution is -2.34. The molecule has 3 nitrogen and oxygen atoms in total. The molecular formula is C10H20O3Si. The van der Waals surface area contributed by atoms with E-state index in [1.54, 1.807) is 0 Å². The fourth-order valence-electron chi connectivity index (χ4n) is 1.70. The van der Waals surface area contributed by atoms with Gasteiger partial charge in [0, 0.05) is 0 Å². The maximum absolute atomic E-state index is 11.7. The van der Waals surface area contributed by atoms with Crippen molar-refractivity contribution in [3.63, 3.8) is 0 Å². The largest absolute Gasteiger partial charge is 0.520 e. The summed E-state index contributed by atoms with van der Waals surface area (Å²) in [6.07, 6.45) is 2.84. The normalized spacial score (nSPS) is 28.6. The molecule has 4 heteroatoms. The van der Waals surface area contributed by atoms with E-state index >= 15 is 0 Å². The van der Waals surface area contributed by atoms with Crippen LogP contribution in [-0.4, -0.2) is 25.5 Å². The summed E-state index contributed by atoms with van der Waals surface area (Å²) in [6.45, 7) is 6.05. The van der Waals surface area contributed by atoms with Gasteiger partial charge in [0.25, 0.3) is 5.97 Å². The van der Waals surface area contributed by atoms with E-state index in [0.717, 1.165) is 25.7 Å². The zero-order chi connectivity index (χ0) is 10.8. The Kier molecular flexibility index (Phi) is 3.72. The van der Waals surface area contributed by atoms with Gasteiger partial charge in [-0.15, -0.1) is 0 Å². The molecular weight excluding hydrogens is 196 g/mol. The molecule has 1 N–H and O–H groups in total. The molecule has 0 unspecified atom stereocenters. The maximum Gasteiger partial charge on any atom is 0.295 e. The van der Waals surface area contributed by atoms with E-state index in [0.29, 0.717) is 0 Å². The fraction of sp³-hybridized carbons (Fsp3) is 0.900. The molecule has 0 aromatic heterocycles. The van der Waals surface area contributed by atoms with E-state index in [9.17, 15) is 9.90 Å². The van der Waals surface area contributed by atoms with Gasteiger partial charge >= 0.3 is 0 Å². The summed E-state index contributed by atoms with van der Waals surface area (Å²) >= 11 is 0.